The number of carboxylic acid groups (broad SMARTS) is 1. The molecule has 1 amide bonds. The van der Waals surface area contributed by atoms with E-state index in [2.05, 4.69) is 5.32 Å². The van der Waals surface area contributed by atoms with Gasteiger partial charge < -0.3 is 15.0 Å². The van der Waals surface area contributed by atoms with Crippen molar-refractivity contribution in [1.82, 2.24) is 9.88 Å². The fourth-order valence-corrected chi connectivity index (χ4v) is 4.42. The van der Waals surface area contributed by atoms with Gasteiger partial charge in [0.25, 0.3) is 0 Å². The van der Waals surface area contributed by atoms with E-state index in [1.54, 1.807) is 0 Å². The number of carbonyl (C=O) groups is 2. The van der Waals surface area contributed by atoms with Crippen LogP contribution in [-0.2, 0) is 35.5 Å². The van der Waals surface area contributed by atoms with Crippen molar-refractivity contribution < 1.29 is 14.7 Å². The molecule has 1 atom stereocenters. The van der Waals surface area contributed by atoms with Crippen molar-refractivity contribution in [2.75, 3.05) is 0 Å². The van der Waals surface area contributed by atoms with Crippen LogP contribution in [0.4, 0.5) is 0 Å². The molecular weight excluding hydrogens is 388 g/mol. The average molecular weight is 411 g/mol. The maximum Gasteiger partial charge on any atom is 0.323 e. The van der Waals surface area contributed by atoms with Gasteiger partial charge in [-0.1, -0.05) is 48.9 Å². The number of aromatic nitrogens is 1. The third-order valence-corrected chi connectivity index (χ3v) is 6.13. The number of aliphatic carboxylic acids is 1. The second-order valence-electron chi connectivity index (χ2n) is 7.97. The molecule has 1 aliphatic carbocycles. The van der Waals surface area contributed by atoms with Crippen LogP contribution in [-0.4, -0.2) is 21.6 Å². The molecule has 1 unspecified atom stereocenters. The van der Waals surface area contributed by atoms with Gasteiger partial charge in [0, 0.05) is 28.2 Å². The third-order valence-electron chi connectivity index (χ3n) is 5.88. The predicted molar refractivity (Wildman–Crippen MR) is 113 cm³/mol. The number of amides is 1. The number of hydrogen-bond acceptors (Lipinski definition) is 2. The van der Waals surface area contributed by atoms with E-state index >= 15 is 0 Å². The predicted octanol–water partition coefficient (Wildman–Crippen LogP) is 4.19. The van der Waals surface area contributed by atoms with Crippen LogP contribution in [0.15, 0.2) is 48.5 Å². The molecule has 0 saturated carbocycles. The Labute approximate surface area is 174 Å². The van der Waals surface area contributed by atoms with Crippen LogP contribution in [0.5, 0.6) is 0 Å². The third kappa shape index (κ3) is 3.75. The molecule has 0 radical (unpaired) electrons. The fourth-order valence-electron chi connectivity index (χ4n) is 4.29. The van der Waals surface area contributed by atoms with Crippen LogP contribution in [0.3, 0.4) is 0 Å². The first kappa shape index (κ1) is 19.5. The number of hydrogen-bond donors (Lipinski definition) is 2. The molecule has 4 rings (SSSR count). The van der Waals surface area contributed by atoms with E-state index in [1.807, 2.05) is 60.0 Å². The van der Waals surface area contributed by atoms with Crippen molar-refractivity contribution in [3.05, 3.63) is 70.4 Å². The first-order chi connectivity index (χ1) is 13.9. The van der Waals surface area contributed by atoms with E-state index in [9.17, 15) is 14.7 Å². The molecular formula is C23H23ClN2O3. The summed E-state index contributed by atoms with van der Waals surface area (Å²) < 4.78 is 1.89. The van der Waals surface area contributed by atoms with Gasteiger partial charge in [0.2, 0.25) is 5.91 Å². The molecule has 2 N–H and O–H groups in total. The van der Waals surface area contributed by atoms with Crippen LogP contribution < -0.4 is 5.32 Å². The lowest BCUT2D eigenvalue weighted by Gasteiger charge is -2.33. The zero-order chi connectivity index (χ0) is 20.6. The summed E-state index contributed by atoms with van der Waals surface area (Å²) in [6.45, 7) is 2.39. The number of fused-ring (bicyclic) bond motifs is 3. The highest BCUT2D eigenvalue weighted by Crippen LogP contribution is 2.40. The second kappa shape index (κ2) is 7.56. The highest BCUT2D eigenvalue weighted by molar-refractivity contribution is 6.30. The maximum absolute atomic E-state index is 13.1. The molecule has 0 bridgehead atoms. The minimum absolute atomic E-state index is 0.0214. The molecule has 2 aromatic carbocycles. The second-order valence-corrected chi connectivity index (χ2v) is 8.41. The van der Waals surface area contributed by atoms with Gasteiger partial charge in [-0.2, -0.15) is 0 Å². The van der Waals surface area contributed by atoms with Gasteiger partial charge in [0.05, 0.1) is 5.41 Å². The van der Waals surface area contributed by atoms with Gasteiger partial charge in [-0.3, -0.25) is 9.59 Å². The van der Waals surface area contributed by atoms with Crippen LogP contribution in [0, 0.1) is 5.41 Å². The molecule has 3 aromatic rings. The Morgan fingerprint density at radius 3 is 2.62 bits per heavy atom. The van der Waals surface area contributed by atoms with Gasteiger partial charge in [0.15, 0.2) is 0 Å². The van der Waals surface area contributed by atoms with Crippen molar-refractivity contribution in [1.29, 1.82) is 0 Å². The first-order valence-corrected chi connectivity index (χ1v) is 10.1. The Morgan fingerprint density at radius 1 is 1.17 bits per heavy atom. The zero-order valence-corrected chi connectivity index (χ0v) is 17.0. The van der Waals surface area contributed by atoms with E-state index < -0.39 is 11.4 Å². The molecule has 1 heterocycles. The summed E-state index contributed by atoms with van der Waals surface area (Å²) in [4.78, 5) is 24.4. The zero-order valence-electron chi connectivity index (χ0n) is 16.2. The Bertz CT molecular complexity index is 1090. The molecule has 1 aromatic heterocycles. The molecule has 0 saturated heterocycles. The number of carbonyl (C=O) groups excluding carboxylic acids is 1. The summed E-state index contributed by atoms with van der Waals surface area (Å²) in [5, 5.41) is 14.1. The quantitative estimate of drug-likeness (QED) is 0.662. The standard InChI is InChI=1S/C23H23ClN2O3/c1-23(22(29)25-13-15-6-8-16(24)9-7-15)11-10-20-18(12-23)17-4-2-3-5-19(17)26(20)14-21(27)28/h2-9H,10-14H2,1H3,(H,25,29)(H,27,28). The molecule has 6 heteroatoms. The van der Waals surface area contributed by atoms with E-state index in [0.717, 1.165) is 27.7 Å². The summed E-state index contributed by atoms with van der Waals surface area (Å²) in [6, 6.07) is 15.3. The van der Waals surface area contributed by atoms with Gasteiger partial charge >= 0.3 is 5.97 Å². The van der Waals surface area contributed by atoms with Gasteiger partial charge in [-0.05, 0) is 48.6 Å². The van der Waals surface area contributed by atoms with E-state index in [1.165, 1.54) is 0 Å². The first-order valence-electron chi connectivity index (χ1n) is 9.71. The number of nitrogens with one attached hydrogen (secondary N) is 1. The number of carboxylic acids is 1. The molecule has 5 nitrogen and oxygen atoms in total. The van der Waals surface area contributed by atoms with Crippen LogP contribution in [0.25, 0.3) is 10.9 Å². The summed E-state index contributed by atoms with van der Waals surface area (Å²) >= 11 is 5.92. The Hall–Kier alpha value is -2.79. The van der Waals surface area contributed by atoms with E-state index in [-0.39, 0.29) is 12.5 Å². The summed E-state index contributed by atoms with van der Waals surface area (Å²) in [6.07, 6.45) is 1.96. The normalized spacial score (nSPS) is 18.4. The number of benzene rings is 2. The van der Waals surface area contributed by atoms with Gasteiger partial charge in [-0.25, -0.2) is 0 Å². The van der Waals surface area contributed by atoms with Crippen molar-refractivity contribution in [2.24, 2.45) is 5.41 Å². The topological polar surface area (TPSA) is 71.3 Å². The highest BCUT2D eigenvalue weighted by atomic mass is 35.5. The molecule has 29 heavy (non-hydrogen) atoms. The van der Waals surface area contributed by atoms with Crippen molar-refractivity contribution >= 4 is 34.4 Å². The highest BCUT2D eigenvalue weighted by Gasteiger charge is 2.39. The van der Waals surface area contributed by atoms with Crippen molar-refractivity contribution in [3.8, 4) is 0 Å². The van der Waals surface area contributed by atoms with E-state index in [0.29, 0.717) is 30.8 Å². The van der Waals surface area contributed by atoms with Crippen molar-refractivity contribution in [3.63, 3.8) is 0 Å². The lowest BCUT2D eigenvalue weighted by atomic mass is 9.73. The largest absolute Gasteiger partial charge is 0.480 e. The maximum atomic E-state index is 13.1. The molecule has 1 aliphatic rings. The number of rotatable bonds is 5. The molecule has 0 spiro atoms. The Balaban J connectivity index is 1.59. The Morgan fingerprint density at radius 2 is 1.90 bits per heavy atom. The SMILES string of the molecule is CC1(C(=O)NCc2ccc(Cl)cc2)CCc2c(c3ccccc3n2CC(=O)O)C1. The lowest BCUT2D eigenvalue weighted by Crippen LogP contribution is -2.42. The molecule has 0 aliphatic heterocycles. The Kier molecular flexibility index (Phi) is 5.09. The van der Waals surface area contributed by atoms with Crippen molar-refractivity contribution in [2.45, 2.75) is 39.3 Å². The van der Waals surface area contributed by atoms with Crippen LogP contribution in [0.2, 0.25) is 5.02 Å². The molecule has 150 valence electrons. The van der Waals surface area contributed by atoms with Gasteiger partial charge in [-0.15, -0.1) is 0 Å². The average Bonchev–Trinajstić information content (AvgIpc) is 3.00. The number of halogens is 1. The summed E-state index contributed by atoms with van der Waals surface area (Å²) in [5.74, 6) is -0.837. The van der Waals surface area contributed by atoms with Crippen LogP contribution in [0.1, 0.15) is 30.2 Å². The molecule has 0 fully saturated rings. The monoisotopic (exact) mass is 410 g/mol. The number of para-hydroxylation sites is 1. The summed E-state index contributed by atoms with van der Waals surface area (Å²) in [7, 11) is 0. The van der Waals surface area contributed by atoms with Crippen LogP contribution >= 0.6 is 11.6 Å². The van der Waals surface area contributed by atoms with E-state index in [4.69, 9.17) is 11.6 Å². The fraction of sp³-hybridized carbons (Fsp3) is 0.304. The lowest BCUT2D eigenvalue weighted by molar-refractivity contribution is -0.137. The minimum Gasteiger partial charge on any atom is -0.480 e. The number of nitrogens with zero attached hydrogens (tertiary/aromatic N) is 1. The smallest absolute Gasteiger partial charge is 0.323 e. The van der Waals surface area contributed by atoms with Gasteiger partial charge in [0.1, 0.15) is 6.54 Å². The minimum atomic E-state index is -0.859. The summed E-state index contributed by atoms with van der Waals surface area (Å²) in [5.41, 5.74) is 3.53.